The molecule has 3 rings (SSSR count). The molecule has 1 aromatic heterocycles. The third kappa shape index (κ3) is 3.06. The van der Waals surface area contributed by atoms with Crippen molar-refractivity contribution in [2.24, 2.45) is 0 Å². The Morgan fingerprint density at radius 3 is 2.95 bits per heavy atom. The van der Waals surface area contributed by atoms with Gasteiger partial charge in [-0.3, -0.25) is 4.79 Å². The number of amides is 1. The summed E-state index contributed by atoms with van der Waals surface area (Å²) < 4.78 is 0. The van der Waals surface area contributed by atoms with Crippen molar-refractivity contribution >= 4 is 17.8 Å². The Bertz CT molecular complexity index is 547. The van der Waals surface area contributed by atoms with Crippen molar-refractivity contribution in [1.82, 2.24) is 15.3 Å². The standard InChI is InChI=1S/C16H22N4O/c1-2-4-15(21)19-12-7-9-20(10-8-12)16-13-5-3-6-14(13)17-11-18-16/h3,5,11-12H,2,4,6-10H2,1H3,(H,19,21). The Hall–Kier alpha value is -1.91. The zero-order valence-electron chi connectivity index (χ0n) is 12.5. The predicted octanol–water partition coefficient (Wildman–Crippen LogP) is 1.93. The van der Waals surface area contributed by atoms with E-state index in [1.807, 2.05) is 6.92 Å². The SMILES string of the molecule is CCCC(=O)NC1CCN(c2ncnc3c2C=CC3)CC1. The maximum Gasteiger partial charge on any atom is 0.220 e. The lowest BCUT2D eigenvalue weighted by Crippen LogP contribution is -2.45. The van der Waals surface area contributed by atoms with Gasteiger partial charge in [0.05, 0.1) is 5.69 Å². The summed E-state index contributed by atoms with van der Waals surface area (Å²) in [6.07, 6.45) is 10.3. The van der Waals surface area contributed by atoms with Gasteiger partial charge in [-0.15, -0.1) is 0 Å². The van der Waals surface area contributed by atoms with Crippen molar-refractivity contribution in [3.8, 4) is 0 Å². The van der Waals surface area contributed by atoms with Crippen LogP contribution >= 0.6 is 0 Å². The average Bonchev–Trinajstić information content (AvgIpc) is 2.97. The summed E-state index contributed by atoms with van der Waals surface area (Å²) in [6, 6.07) is 0.311. The van der Waals surface area contributed by atoms with Crippen LogP contribution in [0.25, 0.3) is 6.08 Å². The minimum atomic E-state index is 0.182. The number of anilines is 1. The first-order valence-electron chi connectivity index (χ1n) is 7.82. The van der Waals surface area contributed by atoms with Crippen LogP contribution in [0.2, 0.25) is 0 Å². The van der Waals surface area contributed by atoms with Gasteiger partial charge < -0.3 is 10.2 Å². The van der Waals surface area contributed by atoms with Gasteiger partial charge in [0, 0.05) is 37.5 Å². The summed E-state index contributed by atoms with van der Waals surface area (Å²) in [5.74, 6) is 1.23. The highest BCUT2D eigenvalue weighted by molar-refractivity contribution is 5.76. The third-order valence-corrected chi connectivity index (χ3v) is 4.18. The Balaban J connectivity index is 1.60. The highest BCUT2D eigenvalue weighted by atomic mass is 16.1. The summed E-state index contributed by atoms with van der Waals surface area (Å²) in [5.41, 5.74) is 2.30. The van der Waals surface area contributed by atoms with Crippen molar-refractivity contribution in [3.63, 3.8) is 0 Å². The number of nitrogens with one attached hydrogen (secondary N) is 1. The van der Waals surface area contributed by atoms with Crippen LogP contribution in [0.15, 0.2) is 12.4 Å². The Labute approximate surface area is 125 Å². The summed E-state index contributed by atoms with van der Waals surface area (Å²) in [4.78, 5) is 22.8. The summed E-state index contributed by atoms with van der Waals surface area (Å²) >= 11 is 0. The number of allylic oxidation sites excluding steroid dienone is 1. The second-order valence-electron chi connectivity index (χ2n) is 5.74. The number of nitrogens with zero attached hydrogens (tertiary/aromatic N) is 3. The van der Waals surface area contributed by atoms with Crippen LogP contribution in [0.4, 0.5) is 5.82 Å². The number of fused-ring (bicyclic) bond motifs is 1. The van der Waals surface area contributed by atoms with E-state index in [0.29, 0.717) is 12.5 Å². The predicted molar refractivity (Wildman–Crippen MR) is 83.1 cm³/mol. The molecule has 0 bridgehead atoms. The number of hydrogen-bond donors (Lipinski definition) is 1. The molecule has 0 unspecified atom stereocenters. The average molecular weight is 286 g/mol. The van der Waals surface area contributed by atoms with E-state index in [9.17, 15) is 4.79 Å². The van der Waals surface area contributed by atoms with Crippen molar-refractivity contribution in [1.29, 1.82) is 0 Å². The quantitative estimate of drug-likeness (QED) is 0.919. The molecule has 1 aliphatic carbocycles. The molecule has 1 aromatic rings. The van der Waals surface area contributed by atoms with E-state index in [0.717, 1.165) is 50.3 Å². The van der Waals surface area contributed by atoms with E-state index in [1.54, 1.807) is 6.33 Å². The first kappa shape index (κ1) is 14.0. The lowest BCUT2D eigenvalue weighted by molar-refractivity contribution is -0.121. The number of carbonyl (C=O) groups is 1. The van der Waals surface area contributed by atoms with E-state index in [4.69, 9.17) is 0 Å². The second-order valence-corrected chi connectivity index (χ2v) is 5.74. The summed E-state index contributed by atoms with van der Waals surface area (Å²) in [5, 5.41) is 3.13. The molecule has 1 fully saturated rings. The Morgan fingerprint density at radius 2 is 2.19 bits per heavy atom. The Kier molecular flexibility index (Phi) is 4.18. The maximum atomic E-state index is 11.7. The lowest BCUT2D eigenvalue weighted by atomic mass is 10.0. The molecule has 1 amide bonds. The molecule has 21 heavy (non-hydrogen) atoms. The van der Waals surface area contributed by atoms with Crippen LogP contribution in [0.1, 0.15) is 43.9 Å². The first-order chi connectivity index (χ1) is 10.3. The Morgan fingerprint density at radius 1 is 1.38 bits per heavy atom. The normalized spacial score (nSPS) is 17.9. The third-order valence-electron chi connectivity index (χ3n) is 4.18. The van der Waals surface area contributed by atoms with E-state index >= 15 is 0 Å². The monoisotopic (exact) mass is 286 g/mol. The van der Waals surface area contributed by atoms with Gasteiger partial charge in [0.2, 0.25) is 5.91 Å². The molecule has 1 N–H and O–H groups in total. The molecule has 0 radical (unpaired) electrons. The van der Waals surface area contributed by atoms with Crippen LogP contribution in [0, 0.1) is 0 Å². The molecule has 5 nitrogen and oxygen atoms in total. The van der Waals surface area contributed by atoms with Crippen molar-refractivity contribution < 1.29 is 4.79 Å². The molecule has 0 spiro atoms. The zero-order valence-corrected chi connectivity index (χ0v) is 12.5. The van der Waals surface area contributed by atoms with Crippen molar-refractivity contribution in [2.75, 3.05) is 18.0 Å². The number of aromatic nitrogens is 2. The molecular weight excluding hydrogens is 264 g/mol. The first-order valence-corrected chi connectivity index (χ1v) is 7.82. The molecule has 0 saturated carbocycles. The largest absolute Gasteiger partial charge is 0.356 e. The van der Waals surface area contributed by atoms with E-state index < -0.39 is 0 Å². The molecule has 0 aromatic carbocycles. The van der Waals surface area contributed by atoms with Crippen molar-refractivity contribution in [3.05, 3.63) is 23.7 Å². The second kappa shape index (κ2) is 6.24. The summed E-state index contributed by atoms with van der Waals surface area (Å²) in [7, 11) is 0. The van der Waals surface area contributed by atoms with Gasteiger partial charge in [-0.1, -0.05) is 19.1 Å². The number of rotatable bonds is 4. The molecule has 112 valence electrons. The minimum Gasteiger partial charge on any atom is -0.356 e. The topological polar surface area (TPSA) is 58.1 Å². The fourth-order valence-electron chi connectivity index (χ4n) is 3.06. The number of piperidine rings is 1. The van der Waals surface area contributed by atoms with Gasteiger partial charge >= 0.3 is 0 Å². The number of hydrogen-bond acceptors (Lipinski definition) is 4. The van der Waals surface area contributed by atoms with Crippen LogP contribution < -0.4 is 10.2 Å². The fourth-order valence-corrected chi connectivity index (χ4v) is 3.06. The molecule has 1 aliphatic heterocycles. The highest BCUT2D eigenvalue weighted by Gasteiger charge is 2.24. The van der Waals surface area contributed by atoms with E-state index in [2.05, 4.69) is 32.3 Å². The minimum absolute atomic E-state index is 0.182. The number of carbonyl (C=O) groups excluding carboxylic acids is 1. The van der Waals surface area contributed by atoms with Gasteiger partial charge in [-0.2, -0.15) is 0 Å². The van der Waals surface area contributed by atoms with Gasteiger partial charge in [0.25, 0.3) is 0 Å². The molecule has 0 atom stereocenters. The van der Waals surface area contributed by atoms with E-state index in [-0.39, 0.29) is 5.91 Å². The van der Waals surface area contributed by atoms with Gasteiger partial charge in [-0.25, -0.2) is 9.97 Å². The molecular formula is C16H22N4O. The lowest BCUT2D eigenvalue weighted by Gasteiger charge is -2.33. The molecule has 1 saturated heterocycles. The van der Waals surface area contributed by atoms with Crippen LogP contribution in [0.3, 0.4) is 0 Å². The van der Waals surface area contributed by atoms with Crippen LogP contribution in [0.5, 0.6) is 0 Å². The van der Waals surface area contributed by atoms with Gasteiger partial charge in [0.1, 0.15) is 12.1 Å². The van der Waals surface area contributed by atoms with E-state index in [1.165, 1.54) is 5.56 Å². The maximum absolute atomic E-state index is 11.7. The molecule has 2 aliphatic rings. The van der Waals surface area contributed by atoms with Crippen molar-refractivity contribution in [2.45, 2.75) is 45.1 Å². The van der Waals surface area contributed by atoms with Gasteiger partial charge in [-0.05, 0) is 19.3 Å². The van der Waals surface area contributed by atoms with Crippen LogP contribution in [-0.4, -0.2) is 35.0 Å². The zero-order chi connectivity index (χ0) is 14.7. The van der Waals surface area contributed by atoms with Gasteiger partial charge in [0.15, 0.2) is 0 Å². The smallest absolute Gasteiger partial charge is 0.220 e. The highest BCUT2D eigenvalue weighted by Crippen LogP contribution is 2.28. The molecule has 2 heterocycles. The molecule has 5 heteroatoms. The van der Waals surface area contributed by atoms with Crippen LogP contribution in [-0.2, 0) is 11.2 Å². The fraction of sp³-hybridized carbons (Fsp3) is 0.562. The summed E-state index contributed by atoms with van der Waals surface area (Å²) in [6.45, 7) is 3.91.